The summed E-state index contributed by atoms with van der Waals surface area (Å²) < 4.78 is 0. The molecule has 6 N–H and O–H groups in total. The van der Waals surface area contributed by atoms with Gasteiger partial charge in [-0.05, 0) is 0 Å². The van der Waals surface area contributed by atoms with Gasteiger partial charge in [0.2, 0.25) is 0 Å². The molecule has 0 fully saturated rings. The molecule has 8 nitrogen and oxygen atoms in total. The second-order valence-corrected chi connectivity index (χ2v) is 2.48. The quantitative estimate of drug-likeness (QED) is 0.328. The van der Waals surface area contributed by atoms with Gasteiger partial charge < -0.3 is 25.9 Å². The predicted octanol–water partition coefficient (Wildman–Crippen LogP) is -2.46. The average Bonchev–Trinajstić information content (AvgIpc) is 1.82. The molecule has 0 rings (SSSR count). The summed E-state index contributed by atoms with van der Waals surface area (Å²) in [6.45, 7) is 0. The SMILES string of the molecule is O.O=C(O)CC(O)(CC(=O)O)C(=O)O.[Ag].[Ag].[K]. The van der Waals surface area contributed by atoms with Crippen molar-refractivity contribution in [1.29, 1.82) is 0 Å². The number of aliphatic carboxylic acids is 3. The molecule has 0 aliphatic carbocycles. The van der Waals surface area contributed by atoms with E-state index in [2.05, 4.69) is 0 Å². The van der Waals surface area contributed by atoms with Crippen LogP contribution in [0.4, 0.5) is 0 Å². The first kappa shape index (κ1) is 31.1. The number of carboxylic acids is 3. The van der Waals surface area contributed by atoms with Gasteiger partial charge in [0, 0.05) is 96.1 Å². The maximum Gasteiger partial charge on any atom is 0.336 e. The van der Waals surface area contributed by atoms with Crippen LogP contribution in [0, 0.1) is 0 Å². The van der Waals surface area contributed by atoms with Crippen LogP contribution in [-0.4, -0.2) is 101 Å². The van der Waals surface area contributed by atoms with E-state index in [-0.39, 0.29) is 102 Å². The molecule has 0 aromatic rings. The van der Waals surface area contributed by atoms with Crippen molar-refractivity contribution in [2.75, 3.05) is 0 Å². The van der Waals surface area contributed by atoms with E-state index in [1.807, 2.05) is 0 Å². The van der Waals surface area contributed by atoms with Gasteiger partial charge in [0.05, 0.1) is 12.8 Å². The molecule has 0 aliphatic rings. The van der Waals surface area contributed by atoms with Crippen molar-refractivity contribution in [1.82, 2.24) is 0 Å². The second kappa shape index (κ2) is 13.9. The number of carboxylic acid groups (broad SMARTS) is 3. The minimum Gasteiger partial charge on any atom is -0.481 e. The Morgan fingerprint density at radius 3 is 1.24 bits per heavy atom. The van der Waals surface area contributed by atoms with Crippen LogP contribution in [0.5, 0.6) is 0 Å². The van der Waals surface area contributed by atoms with Crippen molar-refractivity contribution >= 4 is 69.3 Å². The van der Waals surface area contributed by atoms with Crippen molar-refractivity contribution in [2.24, 2.45) is 0 Å². The minimum atomic E-state index is -2.74. The summed E-state index contributed by atoms with van der Waals surface area (Å²) in [6.07, 6.45) is -2.29. The first-order valence-corrected chi connectivity index (χ1v) is 3.17. The zero-order valence-electron chi connectivity index (χ0n) is 8.53. The van der Waals surface area contributed by atoms with E-state index >= 15 is 0 Å². The van der Waals surface area contributed by atoms with Crippen LogP contribution in [0.1, 0.15) is 12.8 Å². The third-order valence-electron chi connectivity index (χ3n) is 1.29. The smallest absolute Gasteiger partial charge is 0.336 e. The summed E-state index contributed by atoms with van der Waals surface area (Å²) in [6, 6.07) is 0. The summed E-state index contributed by atoms with van der Waals surface area (Å²) in [7, 11) is 0. The maximum absolute atomic E-state index is 10.3. The molecule has 0 aromatic heterocycles. The van der Waals surface area contributed by atoms with E-state index in [4.69, 9.17) is 20.4 Å². The molecule has 0 atom stereocenters. The molecular formula is C6H10Ag2KO8. The molecule has 0 heterocycles. The van der Waals surface area contributed by atoms with Crippen molar-refractivity contribution in [2.45, 2.75) is 18.4 Å². The molecular weight excluding hydrogens is 455 g/mol. The summed E-state index contributed by atoms with van der Waals surface area (Å²) in [5, 5.41) is 33.8. The number of hydrogen-bond donors (Lipinski definition) is 4. The second-order valence-electron chi connectivity index (χ2n) is 2.48. The van der Waals surface area contributed by atoms with Gasteiger partial charge >= 0.3 is 17.9 Å². The molecule has 0 aliphatic heterocycles. The van der Waals surface area contributed by atoms with Gasteiger partial charge in [0.25, 0.3) is 0 Å². The van der Waals surface area contributed by atoms with E-state index in [0.717, 1.165) is 0 Å². The summed E-state index contributed by atoms with van der Waals surface area (Å²) in [5.41, 5.74) is -2.74. The van der Waals surface area contributed by atoms with Crippen LogP contribution >= 0.6 is 0 Å². The fourth-order valence-electron chi connectivity index (χ4n) is 0.714. The van der Waals surface area contributed by atoms with Gasteiger partial charge in [-0.15, -0.1) is 0 Å². The van der Waals surface area contributed by atoms with Crippen LogP contribution in [0.25, 0.3) is 0 Å². The van der Waals surface area contributed by atoms with Gasteiger partial charge in [-0.3, -0.25) is 9.59 Å². The Bertz CT molecular complexity index is 242. The molecule has 0 bridgehead atoms. The molecule has 0 unspecified atom stereocenters. The predicted molar refractivity (Wildman–Crippen MR) is 46.5 cm³/mol. The van der Waals surface area contributed by atoms with E-state index in [0.29, 0.717) is 0 Å². The molecule has 0 aromatic carbocycles. The summed E-state index contributed by atoms with van der Waals surface area (Å²) in [4.78, 5) is 30.5. The van der Waals surface area contributed by atoms with E-state index in [9.17, 15) is 14.4 Å². The molecule has 11 heteroatoms. The van der Waals surface area contributed by atoms with Crippen LogP contribution in [0.15, 0.2) is 0 Å². The van der Waals surface area contributed by atoms with Crippen molar-refractivity contribution < 1.29 is 85.0 Å². The van der Waals surface area contributed by atoms with Crippen LogP contribution in [0.3, 0.4) is 0 Å². The van der Waals surface area contributed by atoms with E-state index in [1.54, 1.807) is 0 Å². The van der Waals surface area contributed by atoms with Crippen molar-refractivity contribution in [3.63, 3.8) is 0 Å². The van der Waals surface area contributed by atoms with E-state index < -0.39 is 36.4 Å². The zero-order chi connectivity index (χ0) is 10.6. The molecule has 3 radical (unpaired) electrons. The van der Waals surface area contributed by atoms with Crippen molar-refractivity contribution in [3.8, 4) is 0 Å². The molecule has 0 spiro atoms. The van der Waals surface area contributed by atoms with Crippen LogP contribution < -0.4 is 0 Å². The molecule has 105 valence electrons. The molecule has 0 saturated heterocycles. The van der Waals surface area contributed by atoms with Gasteiger partial charge in [0.15, 0.2) is 5.60 Å². The molecule has 0 amide bonds. The first-order valence-electron chi connectivity index (χ1n) is 3.17. The van der Waals surface area contributed by atoms with E-state index in [1.165, 1.54) is 0 Å². The van der Waals surface area contributed by atoms with Crippen LogP contribution in [0.2, 0.25) is 0 Å². The summed E-state index contributed by atoms with van der Waals surface area (Å²) in [5.74, 6) is -5.02. The Balaban J connectivity index is -0.000000120. The van der Waals surface area contributed by atoms with Crippen molar-refractivity contribution in [3.05, 3.63) is 0 Å². The van der Waals surface area contributed by atoms with Gasteiger partial charge in [-0.25, -0.2) is 4.79 Å². The van der Waals surface area contributed by atoms with Gasteiger partial charge in [0.1, 0.15) is 0 Å². The fraction of sp³-hybridized carbons (Fsp3) is 0.500. The minimum absolute atomic E-state index is 0. The number of rotatable bonds is 5. The first-order chi connectivity index (χ1) is 5.78. The Morgan fingerprint density at radius 2 is 1.12 bits per heavy atom. The Hall–Kier alpha value is 1.45. The standard InChI is InChI=1S/C6H8O7.2Ag.K.H2O/c7-3(8)1-6(13,5(11)12)2-4(9)10;;;;/h13H,1-2H2,(H,7,8)(H,9,10)(H,11,12);;;;1H2. The Morgan fingerprint density at radius 1 is 0.882 bits per heavy atom. The Kier molecular flexibility index (Phi) is 25.3. The summed E-state index contributed by atoms with van der Waals surface area (Å²) >= 11 is 0. The Labute approximate surface area is 170 Å². The van der Waals surface area contributed by atoms with Gasteiger partial charge in [-0.1, -0.05) is 0 Å². The third kappa shape index (κ3) is 13.7. The number of hydrogen-bond acceptors (Lipinski definition) is 4. The monoisotopic (exact) mass is 463 g/mol. The fourth-order valence-corrected chi connectivity index (χ4v) is 0.714. The largest absolute Gasteiger partial charge is 0.481 e. The molecule has 17 heavy (non-hydrogen) atoms. The molecule has 0 saturated carbocycles. The van der Waals surface area contributed by atoms with Crippen LogP contribution in [-0.2, 0) is 59.1 Å². The average molecular weight is 465 g/mol. The number of carbonyl (C=O) groups is 3. The normalized spacial score (nSPS) is 8.29. The maximum atomic E-state index is 10.3. The van der Waals surface area contributed by atoms with Gasteiger partial charge in [-0.2, -0.15) is 0 Å². The number of aliphatic hydroxyl groups is 1. The topological polar surface area (TPSA) is 164 Å². The third-order valence-corrected chi connectivity index (χ3v) is 1.29. The zero-order valence-corrected chi connectivity index (χ0v) is 14.6.